The quantitative estimate of drug-likeness (QED) is 0.647. The number of aromatic nitrogens is 1. The minimum atomic E-state index is -0.820. The summed E-state index contributed by atoms with van der Waals surface area (Å²) in [5.41, 5.74) is 2.72. The summed E-state index contributed by atoms with van der Waals surface area (Å²) in [6, 6.07) is 8.50. The van der Waals surface area contributed by atoms with E-state index in [0.717, 1.165) is 61.1 Å². The molecule has 1 N–H and O–H groups in total. The highest BCUT2D eigenvalue weighted by Crippen LogP contribution is 2.22. The van der Waals surface area contributed by atoms with Gasteiger partial charge in [-0.05, 0) is 60.9 Å². The number of pyridine rings is 1. The first-order chi connectivity index (χ1) is 15.8. The monoisotopic (exact) mass is 454 g/mol. The van der Waals surface area contributed by atoms with Crippen molar-refractivity contribution in [1.29, 1.82) is 0 Å². The number of ether oxygens (including phenoxy) is 2. The maximum Gasteiger partial charge on any atom is 0.328 e. The van der Waals surface area contributed by atoms with Gasteiger partial charge in [-0.3, -0.25) is 9.59 Å². The lowest BCUT2D eigenvalue weighted by molar-refractivity contribution is -0.144. The zero-order valence-electron chi connectivity index (χ0n) is 20.0. The first-order valence-corrected chi connectivity index (χ1v) is 11.6. The highest BCUT2D eigenvalue weighted by atomic mass is 16.5. The second-order valence-corrected chi connectivity index (χ2v) is 8.90. The van der Waals surface area contributed by atoms with E-state index < -0.39 is 17.9 Å². The molecule has 1 heterocycles. The Morgan fingerprint density at radius 3 is 2.30 bits per heavy atom. The van der Waals surface area contributed by atoms with Crippen molar-refractivity contribution >= 4 is 11.9 Å². The predicted molar refractivity (Wildman–Crippen MR) is 127 cm³/mol. The van der Waals surface area contributed by atoms with E-state index in [-0.39, 0.29) is 17.0 Å². The van der Waals surface area contributed by atoms with Crippen molar-refractivity contribution in [3.63, 3.8) is 0 Å². The molecular weight excluding hydrogens is 420 g/mol. The number of nitrogens with one attached hydrogen (secondary N) is 1. The molecule has 1 amide bonds. The molecule has 1 aromatic heterocycles. The van der Waals surface area contributed by atoms with E-state index in [1.807, 2.05) is 38.1 Å². The van der Waals surface area contributed by atoms with Crippen molar-refractivity contribution < 1.29 is 19.1 Å². The third-order valence-corrected chi connectivity index (χ3v) is 6.25. The second-order valence-electron chi connectivity index (χ2n) is 8.90. The third kappa shape index (κ3) is 5.83. The molecular formula is C26H34N2O5. The number of esters is 1. The smallest absolute Gasteiger partial charge is 0.328 e. The molecule has 33 heavy (non-hydrogen) atoms. The van der Waals surface area contributed by atoms with Crippen molar-refractivity contribution in [1.82, 2.24) is 9.88 Å². The summed E-state index contributed by atoms with van der Waals surface area (Å²) in [5.74, 6) is -0.495. The van der Waals surface area contributed by atoms with Crippen molar-refractivity contribution in [3.8, 4) is 5.75 Å². The maximum absolute atomic E-state index is 13.6. The number of carbonyl (C=O) groups is 2. The Balaban J connectivity index is 2.04. The van der Waals surface area contributed by atoms with Gasteiger partial charge in [-0.1, -0.05) is 38.8 Å². The van der Waals surface area contributed by atoms with Gasteiger partial charge in [-0.15, -0.1) is 0 Å². The lowest BCUT2D eigenvalue weighted by Gasteiger charge is -2.23. The fourth-order valence-corrected chi connectivity index (χ4v) is 4.32. The zero-order valence-corrected chi connectivity index (χ0v) is 20.0. The number of hydrogen-bond acceptors (Lipinski definition) is 5. The summed E-state index contributed by atoms with van der Waals surface area (Å²) in [6.45, 7) is 4.02. The van der Waals surface area contributed by atoms with E-state index in [1.165, 1.54) is 7.11 Å². The molecule has 0 saturated carbocycles. The van der Waals surface area contributed by atoms with Crippen LogP contribution in [0, 0.1) is 5.92 Å². The zero-order chi connectivity index (χ0) is 24.0. The second kappa shape index (κ2) is 11.2. The molecule has 7 heteroatoms. The van der Waals surface area contributed by atoms with Crippen LogP contribution in [0.5, 0.6) is 5.75 Å². The van der Waals surface area contributed by atoms with Gasteiger partial charge in [0.25, 0.3) is 11.5 Å². The Hall–Kier alpha value is -3.09. The number of nitrogens with zero attached hydrogens (tertiary/aromatic N) is 1. The average Bonchev–Trinajstić information content (AvgIpc) is 2.79. The Morgan fingerprint density at radius 1 is 1.03 bits per heavy atom. The topological polar surface area (TPSA) is 86.6 Å². The maximum atomic E-state index is 13.6. The highest BCUT2D eigenvalue weighted by Gasteiger charge is 2.28. The SMILES string of the molecule is COC(=O)[C@@H](NC(=O)c1cc2c(n(Cc3ccc(OC)cc3)c1=O)CCCCCC2)C(C)C. The van der Waals surface area contributed by atoms with Gasteiger partial charge < -0.3 is 19.4 Å². The number of hydrogen-bond donors (Lipinski definition) is 1. The third-order valence-electron chi connectivity index (χ3n) is 6.25. The van der Waals surface area contributed by atoms with E-state index in [9.17, 15) is 14.4 Å². The number of methoxy groups -OCH3 is 2. The molecule has 0 aliphatic heterocycles. The summed E-state index contributed by atoms with van der Waals surface area (Å²) in [4.78, 5) is 38.9. The van der Waals surface area contributed by atoms with E-state index in [0.29, 0.717) is 6.54 Å². The van der Waals surface area contributed by atoms with Gasteiger partial charge in [0.15, 0.2) is 0 Å². The minimum absolute atomic E-state index is 0.0670. The molecule has 1 aliphatic carbocycles. The molecule has 1 aromatic carbocycles. The van der Waals surface area contributed by atoms with Crippen LogP contribution in [-0.2, 0) is 28.9 Å². The van der Waals surface area contributed by atoms with Crippen LogP contribution >= 0.6 is 0 Å². The van der Waals surface area contributed by atoms with Crippen LogP contribution < -0.4 is 15.6 Å². The fraction of sp³-hybridized carbons (Fsp3) is 0.500. The van der Waals surface area contributed by atoms with Gasteiger partial charge in [0.2, 0.25) is 0 Å². The van der Waals surface area contributed by atoms with Crippen LogP contribution in [0.2, 0.25) is 0 Å². The predicted octanol–water partition coefficient (Wildman–Crippen LogP) is 3.49. The normalized spacial score (nSPS) is 14.6. The Morgan fingerprint density at radius 2 is 1.70 bits per heavy atom. The summed E-state index contributed by atoms with van der Waals surface area (Å²) in [7, 11) is 2.90. The molecule has 0 spiro atoms. The number of benzene rings is 1. The van der Waals surface area contributed by atoms with Crippen LogP contribution in [0.15, 0.2) is 35.1 Å². The molecule has 0 saturated heterocycles. The van der Waals surface area contributed by atoms with Crippen LogP contribution in [0.25, 0.3) is 0 Å². The van der Waals surface area contributed by atoms with E-state index in [2.05, 4.69) is 5.32 Å². The van der Waals surface area contributed by atoms with Crippen molar-refractivity contribution in [2.45, 2.75) is 65.0 Å². The van der Waals surface area contributed by atoms with Crippen LogP contribution in [0.4, 0.5) is 0 Å². The molecule has 1 atom stereocenters. The molecule has 178 valence electrons. The molecule has 0 bridgehead atoms. The van der Waals surface area contributed by atoms with Gasteiger partial charge in [0, 0.05) is 5.69 Å². The van der Waals surface area contributed by atoms with E-state index in [4.69, 9.17) is 9.47 Å². The lowest BCUT2D eigenvalue weighted by atomic mass is 9.95. The first-order valence-electron chi connectivity index (χ1n) is 11.6. The summed E-state index contributed by atoms with van der Waals surface area (Å²) < 4.78 is 11.8. The largest absolute Gasteiger partial charge is 0.497 e. The van der Waals surface area contributed by atoms with Gasteiger partial charge in [0.05, 0.1) is 20.8 Å². The number of rotatable bonds is 7. The summed E-state index contributed by atoms with van der Waals surface area (Å²) in [6.07, 6.45) is 5.93. The van der Waals surface area contributed by atoms with Gasteiger partial charge >= 0.3 is 5.97 Å². The molecule has 7 nitrogen and oxygen atoms in total. The average molecular weight is 455 g/mol. The standard InChI is InChI=1S/C26H34N2O5/c1-17(2)23(26(31)33-4)27-24(29)21-15-19-9-7-5-6-8-10-22(19)28(25(21)30)16-18-11-13-20(32-3)14-12-18/h11-15,17,23H,5-10,16H2,1-4H3,(H,27,29)/t23-/m0/s1. The Bertz CT molecular complexity index is 1040. The van der Waals surface area contributed by atoms with Gasteiger partial charge in [0.1, 0.15) is 17.4 Å². The molecule has 2 aromatic rings. The van der Waals surface area contributed by atoms with E-state index in [1.54, 1.807) is 17.7 Å². The highest BCUT2D eigenvalue weighted by molar-refractivity contribution is 5.96. The molecule has 0 radical (unpaired) electrons. The molecule has 3 rings (SSSR count). The van der Waals surface area contributed by atoms with Gasteiger partial charge in [-0.25, -0.2) is 4.79 Å². The van der Waals surface area contributed by atoms with Gasteiger partial charge in [-0.2, -0.15) is 0 Å². The number of carbonyl (C=O) groups excluding carboxylic acids is 2. The molecule has 1 aliphatic rings. The number of amides is 1. The fourth-order valence-electron chi connectivity index (χ4n) is 4.32. The Labute approximate surface area is 195 Å². The van der Waals surface area contributed by atoms with Crippen LogP contribution in [-0.4, -0.2) is 36.7 Å². The summed E-state index contributed by atoms with van der Waals surface area (Å²) in [5, 5.41) is 2.72. The van der Waals surface area contributed by atoms with Crippen LogP contribution in [0.3, 0.4) is 0 Å². The summed E-state index contributed by atoms with van der Waals surface area (Å²) >= 11 is 0. The minimum Gasteiger partial charge on any atom is -0.497 e. The van der Waals surface area contributed by atoms with Crippen LogP contribution in [0.1, 0.15) is 66.7 Å². The molecule has 0 fully saturated rings. The van der Waals surface area contributed by atoms with Crippen molar-refractivity contribution in [2.75, 3.05) is 14.2 Å². The first kappa shape index (κ1) is 24.6. The number of aryl methyl sites for hydroxylation is 1. The molecule has 0 unspecified atom stereocenters. The van der Waals surface area contributed by atoms with Crippen molar-refractivity contribution in [2.24, 2.45) is 5.92 Å². The van der Waals surface area contributed by atoms with E-state index >= 15 is 0 Å². The van der Waals surface area contributed by atoms with Crippen molar-refractivity contribution in [3.05, 3.63) is 63.1 Å². The number of fused-ring (bicyclic) bond motifs is 1. The Kier molecular flexibility index (Phi) is 8.31. The lowest BCUT2D eigenvalue weighted by Crippen LogP contribution is -2.47.